The number of para-hydroxylation sites is 1. The Morgan fingerprint density at radius 2 is 1.87 bits per heavy atom. The van der Waals surface area contributed by atoms with Crippen LogP contribution in [0.5, 0.6) is 0 Å². The van der Waals surface area contributed by atoms with E-state index in [1.165, 1.54) is 12.5 Å². The fourth-order valence-corrected chi connectivity index (χ4v) is 1.48. The second-order valence-corrected chi connectivity index (χ2v) is 4.79. The number of carbonyl (C=O) groups is 1. The average Bonchev–Trinajstić information content (AvgIpc) is 2.05. The normalized spacial score (nSPS) is 11.2. The maximum Gasteiger partial charge on any atom is 0.221 e. The maximum absolute atomic E-state index is 11.0. The van der Waals surface area contributed by atoms with Crippen LogP contribution in [0.1, 0.15) is 12.5 Å². The van der Waals surface area contributed by atoms with Gasteiger partial charge >= 0.3 is 0 Å². The van der Waals surface area contributed by atoms with Crippen LogP contribution < -0.4 is 5.32 Å². The fourth-order valence-electron chi connectivity index (χ4n) is 1.48. The SMILES string of the molecule is CC(=O)Nc1ccccc1C[N+](C)(C)C. The molecule has 0 aliphatic carbocycles. The van der Waals surface area contributed by atoms with E-state index < -0.39 is 0 Å². The van der Waals surface area contributed by atoms with Crippen molar-refractivity contribution >= 4 is 11.6 Å². The first kappa shape index (κ1) is 11.7. The third-order valence-electron chi connectivity index (χ3n) is 1.97. The lowest BCUT2D eigenvalue weighted by Gasteiger charge is -2.25. The molecule has 0 aliphatic rings. The molecule has 0 radical (unpaired) electrons. The van der Waals surface area contributed by atoms with Crippen molar-refractivity contribution in [2.75, 3.05) is 26.5 Å². The Balaban J connectivity index is 2.91. The first-order chi connectivity index (χ1) is 6.88. The van der Waals surface area contributed by atoms with Gasteiger partial charge in [0.25, 0.3) is 0 Å². The summed E-state index contributed by atoms with van der Waals surface area (Å²) in [6, 6.07) is 7.92. The van der Waals surface area contributed by atoms with Crippen molar-refractivity contribution in [3.05, 3.63) is 29.8 Å². The molecule has 1 aromatic carbocycles. The Bertz CT molecular complexity index is 353. The molecule has 3 nitrogen and oxygen atoms in total. The second-order valence-electron chi connectivity index (χ2n) is 4.79. The van der Waals surface area contributed by atoms with E-state index in [0.29, 0.717) is 0 Å². The smallest absolute Gasteiger partial charge is 0.221 e. The van der Waals surface area contributed by atoms with Gasteiger partial charge in [-0.2, -0.15) is 0 Å². The molecule has 0 spiro atoms. The van der Waals surface area contributed by atoms with Gasteiger partial charge in [0.2, 0.25) is 5.91 Å². The van der Waals surface area contributed by atoms with E-state index in [1.54, 1.807) is 0 Å². The van der Waals surface area contributed by atoms with Crippen molar-refractivity contribution in [2.45, 2.75) is 13.5 Å². The van der Waals surface area contributed by atoms with Crippen molar-refractivity contribution in [1.82, 2.24) is 0 Å². The number of benzene rings is 1. The van der Waals surface area contributed by atoms with E-state index in [1.807, 2.05) is 18.2 Å². The monoisotopic (exact) mass is 207 g/mol. The van der Waals surface area contributed by atoms with Crippen LogP contribution in [-0.4, -0.2) is 31.5 Å². The predicted molar refractivity (Wildman–Crippen MR) is 62.5 cm³/mol. The molecule has 15 heavy (non-hydrogen) atoms. The highest BCUT2D eigenvalue weighted by molar-refractivity contribution is 5.89. The number of hydrogen-bond donors (Lipinski definition) is 1. The zero-order valence-corrected chi connectivity index (χ0v) is 9.87. The lowest BCUT2D eigenvalue weighted by molar-refractivity contribution is -0.883. The molecule has 0 unspecified atom stereocenters. The molecular weight excluding hydrogens is 188 g/mol. The second kappa shape index (κ2) is 4.45. The number of anilines is 1. The van der Waals surface area contributed by atoms with Gasteiger partial charge in [-0.05, 0) is 6.07 Å². The van der Waals surface area contributed by atoms with Crippen LogP contribution in [0.25, 0.3) is 0 Å². The summed E-state index contributed by atoms with van der Waals surface area (Å²) in [7, 11) is 6.39. The number of amides is 1. The molecule has 0 atom stereocenters. The minimum absolute atomic E-state index is 0.0242. The van der Waals surface area contributed by atoms with Crippen LogP contribution in [0.3, 0.4) is 0 Å². The Kier molecular flexibility index (Phi) is 3.48. The lowest BCUT2D eigenvalue weighted by atomic mass is 10.1. The summed E-state index contributed by atoms with van der Waals surface area (Å²) in [6.07, 6.45) is 0. The molecule has 1 rings (SSSR count). The highest BCUT2D eigenvalue weighted by Crippen LogP contribution is 2.18. The zero-order valence-electron chi connectivity index (χ0n) is 9.87. The van der Waals surface area contributed by atoms with Gasteiger partial charge in [0.1, 0.15) is 6.54 Å². The molecule has 0 saturated carbocycles. The minimum Gasteiger partial charge on any atom is -0.327 e. The van der Waals surface area contributed by atoms with Crippen LogP contribution in [0.2, 0.25) is 0 Å². The summed E-state index contributed by atoms with van der Waals surface area (Å²) in [6.45, 7) is 2.43. The highest BCUT2D eigenvalue weighted by atomic mass is 16.1. The molecule has 0 saturated heterocycles. The molecule has 1 amide bonds. The molecule has 0 fully saturated rings. The van der Waals surface area contributed by atoms with Gasteiger partial charge in [0, 0.05) is 18.2 Å². The summed E-state index contributed by atoms with van der Waals surface area (Å²) in [5.41, 5.74) is 2.08. The number of nitrogens with zero attached hydrogens (tertiary/aromatic N) is 1. The third kappa shape index (κ3) is 4.13. The summed E-state index contributed by atoms with van der Waals surface area (Å²) in [5.74, 6) is -0.0242. The molecule has 3 heteroatoms. The lowest BCUT2D eigenvalue weighted by Crippen LogP contribution is -2.33. The largest absolute Gasteiger partial charge is 0.327 e. The van der Waals surface area contributed by atoms with Crippen LogP contribution >= 0.6 is 0 Å². The number of quaternary nitrogens is 1. The van der Waals surface area contributed by atoms with E-state index in [9.17, 15) is 4.79 Å². The van der Waals surface area contributed by atoms with Crippen molar-refractivity contribution in [3.8, 4) is 0 Å². The van der Waals surface area contributed by atoms with E-state index in [-0.39, 0.29) is 5.91 Å². The molecule has 0 aliphatic heterocycles. The van der Waals surface area contributed by atoms with Crippen molar-refractivity contribution in [2.24, 2.45) is 0 Å². The Morgan fingerprint density at radius 3 is 2.40 bits per heavy atom. The first-order valence-corrected chi connectivity index (χ1v) is 5.04. The molecule has 1 aromatic rings. The number of rotatable bonds is 3. The predicted octanol–water partition coefficient (Wildman–Crippen LogP) is 1.85. The van der Waals surface area contributed by atoms with Crippen molar-refractivity contribution < 1.29 is 9.28 Å². The van der Waals surface area contributed by atoms with E-state index in [0.717, 1.165) is 16.7 Å². The van der Waals surface area contributed by atoms with Crippen LogP contribution in [-0.2, 0) is 11.3 Å². The Hall–Kier alpha value is -1.35. The standard InChI is InChI=1S/C12H18N2O/c1-10(15)13-12-8-6-5-7-11(12)9-14(2,3)4/h5-8H,9H2,1-4H3/p+1. The van der Waals surface area contributed by atoms with Gasteiger partial charge in [-0.15, -0.1) is 0 Å². The van der Waals surface area contributed by atoms with Crippen molar-refractivity contribution in [1.29, 1.82) is 0 Å². The molecule has 82 valence electrons. The quantitative estimate of drug-likeness (QED) is 0.753. The molecular formula is C12H19N2O+. The molecule has 0 aromatic heterocycles. The van der Waals surface area contributed by atoms with Gasteiger partial charge in [-0.25, -0.2) is 0 Å². The van der Waals surface area contributed by atoms with E-state index in [2.05, 4.69) is 32.5 Å². The maximum atomic E-state index is 11.0. The van der Waals surface area contributed by atoms with Crippen LogP contribution in [0.4, 0.5) is 5.69 Å². The van der Waals surface area contributed by atoms with Gasteiger partial charge in [0.15, 0.2) is 0 Å². The third-order valence-corrected chi connectivity index (χ3v) is 1.97. The number of nitrogens with one attached hydrogen (secondary N) is 1. The highest BCUT2D eigenvalue weighted by Gasteiger charge is 2.12. The molecule has 0 bridgehead atoms. The number of carbonyl (C=O) groups excluding carboxylic acids is 1. The van der Waals surface area contributed by atoms with E-state index >= 15 is 0 Å². The summed E-state index contributed by atoms with van der Waals surface area (Å²) in [5, 5.41) is 2.85. The average molecular weight is 207 g/mol. The molecule has 0 heterocycles. The van der Waals surface area contributed by atoms with Gasteiger partial charge < -0.3 is 9.80 Å². The summed E-state index contributed by atoms with van der Waals surface area (Å²) >= 11 is 0. The minimum atomic E-state index is -0.0242. The summed E-state index contributed by atoms with van der Waals surface area (Å²) < 4.78 is 0.844. The van der Waals surface area contributed by atoms with Crippen LogP contribution in [0.15, 0.2) is 24.3 Å². The van der Waals surface area contributed by atoms with Gasteiger partial charge in [-0.1, -0.05) is 18.2 Å². The van der Waals surface area contributed by atoms with E-state index in [4.69, 9.17) is 0 Å². The van der Waals surface area contributed by atoms with Gasteiger partial charge in [0.05, 0.1) is 21.1 Å². The topological polar surface area (TPSA) is 29.1 Å². The Morgan fingerprint density at radius 1 is 1.27 bits per heavy atom. The van der Waals surface area contributed by atoms with Crippen molar-refractivity contribution in [3.63, 3.8) is 0 Å². The van der Waals surface area contributed by atoms with Crippen LogP contribution in [0, 0.1) is 0 Å². The van der Waals surface area contributed by atoms with Gasteiger partial charge in [-0.3, -0.25) is 4.79 Å². The summed E-state index contributed by atoms with van der Waals surface area (Å²) in [4.78, 5) is 11.0. The number of hydrogen-bond acceptors (Lipinski definition) is 1. The zero-order chi connectivity index (χ0) is 11.5. The first-order valence-electron chi connectivity index (χ1n) is 5.04. The molecule has 1 N–H and O–H groups in total. The Labute approximate surface area is 91.3 Å². The fraction of sp³-hybridized carbons (Fsp3) is 0.417.